The molecule has 2 rings (SSSR count). The Morgan fingerprint density at radius 3 is 2.56 bits per heavy atom. The second-order valence-electron chi connectivity index (χ2n) is 3.49. The van der Waals surface area contributed by atoms with Gasteiger partial charge in [0, 0.05) is 0 Å². The van der Waals surface area contributed by atoms with Gasteiger partial charge in [0.25, 0.3) is 0 Å². The number of hydrogen-bond acceptors (Lipinski definition) is 4. The molecule has 3 nitrogen and oxygen atoms in total. The van der Waals surface area contributed by atoms with Gasteiger partial charge >= 0.3 is 0 Å². The monoisotopic (exact) mass is 254 g/mol. The van der Waals surface area contributed by atoms with E-state index in [1.165, 1.54) is 0 Å². The van der Waals surface area contributed by atoms with Crippen molar-refractivity contribution in [3.05, 3.63) is 34.4 Å². The summed E-state index contributed by atoms with van der Waals surface area (Å²) in [6.45, 7) is 5.86. The van der Waals surface area contributed by atoms with Crippen molar-refractivity contribution in [2.45, 2.75) is 30.7 Å². The Bertz CT molecular complexity index is 525. The zero-order chi connectivity index (χ0) is 11.7. The molecule has 0 aliphatic rings. The van der Waals surface area contributed by atoms with Crippen LogP contribution in [0.15, 0.2) is 26.7 Å². The van der Waals surface area contributed by atoms with E-state index in [4.69, 9.17) is 16.0 Å². The Kier molecular flexibility index (Phi) is 3.21. The van der Waals surface area contributed by atoms with Gasteiger partial charge in [0.05, 0.1) is 11.2 Å². The highest BCUT2D eigenvalue weighted by Gasteiger charge is 2.11. The van der Waals surface area contributed by atoms with E-state index in [1.54, 1.807) is 18.0 Å². The fourth-order valence-corrected chi connectivity index (χ4v) is 2.33. The van der Waals surface area contributed by atoms with Crippen molar-refractivity contribution in [2.24, 2.45) is 0 Å². The normalized spacial score (nSPS) is 10.8. The Morgan fingerprint density at radius 2 is 1.94 bits per heavy atom. The molecule has 0 radical (unpaired) electrons. The Labute approximate surface area is 103 Å². The van der Waals surface area contributed by atoms with Crippen molar-refractivity contribution in [1.29, 1.82) is 0 Å². The minimum absolute atomic E-state index is 0.464. The first kappa shape index (κ1) is 11.5. The van der Waals surface area contributed by atoms with Crippen LogP contribution < -0.4 is 0 Å². The van der Waals surface area contributed by atoms with Gasteiger partial charge < -0.3 is 4.42 Å². The molecule has 0 saturated heterocycles. The molecule has 0 fully saturated rings. The fourth-order valence-electron chi connectivity index (χ4n) is 1.23. The van der Waals surface area contributed by atoms with Gasteiger partial charge in [-0.1, -0.05) is 23.4 Å². The molecule has 2 aromatic rings. The number of aromatic nitrogens is 2. The number of halogens is 1. The maximum absolute atomic E-state index is 5.90. The van der Waals surface area contributed by atoms with E-state index in [0.29, 0.717) is 5.15 Å². The molecule has 16 heavy (non-hydrogen) atoms. The predicted octanol–water partition coefficient (Wildman–Crippen LogP) is 3.80. The van der Waals surface area contributed by atoms with Crippen LogP contribution in [0.3, 0.4) is 0 Å². The lowest BCUT2D eigenvalue weighted by atomic mass is 10.2. The molecule has 0 spiro atoms. The van der Waals surface area contributed by atoms with Gasteiger partial charge in [0.2, 0.25) is 0 Å². The molecule has 0 bridgehead atoms. The molecule has 0 atom stereocenters. The number of aryl methyl sites for hydroxylation is 1. The highest BCUT2D eigenvalue weighted by atomic mass is 35.5. The van der Waals surface area contributed by atoms with Crippen LogP contribution >= 0.6 is 23.4 Å². The number of hydrogen-bond donors (Lipinski definition) is 0. The third kappa shape index (κ3) is 2.08. The molecule has 0 aliphatic carbocycles. The summed E-state index contributed by atoms with van der Waals surface area (Å²) in [5.41, 5.74) is 2.03. The molecular formula is C11H11ClN2OS. The van der Waals surface area contributed by atoms with Crippen LogP contribution in [-0.2, 0) is 0 Å². The Balaban J connectivity index is 2.36. The predicted molar refractivity (Wildman–Crippen MR) is 64.1 cm³/mol. The van der Waals surface area contributed by atoms with Crippen molar-refractivity contribution in [1.82, 2.24) is 10.2 Å². The molecular weight excluding hydrogens is 244 g/mol. The lowest BCUT2D eigenvalue weighted by molar-refractivity contribution is 0.527. The largest absolute Gasteiger partial charge is 0.468 e. The Hall–Kier alpha value is -1.00. The van der Waals surface area contributed by atoms with Crippen molar-refractivity contribution in [3.8, 4) is 0 Å². The second-order valence-corrected chi connectivity index (χ2v) is 4.88. The van der Waals surface area contributed by atoms with Gasteiger partial charge in [-0.15, -0.1) is 10.2 Å². The highest BCUT2D eigenvalue weighted by molar-refractivity contribution is 7.99. The van der Waals surface area contributed by atoms with E-state index >= 15 is 0 Å². The van der Waals surface area contributed by atoms with Crippen molar-refractivity contribution < 1.29 is 4.42 Å². The molecule has 0 unspecified atom stereocenters. The first-order chi connectivity index (χ1) is 7.59. The molecule has 0 aromatic carbocycles. The molecule has 84 valence electrons. The molecule has 0 saturated carbocycles. The average molecular weight is 255 g/mol. The van der Waals surface area contributed by atoms with Crippen LogP contribution in [0.2, 0.25) is 5.15 Å². The maximum atomic E-state index is 5.90. The summed E-state index contributed by atoms with van der Waals surface area (Å²) in [7, 11) is 0. The molecule has 2 heterocycles. The van der Waals surface area contributed by atoms with Crippen LogP contribution in [0.25, 0.3) is 0 Å². The standard InChI is InChI=1S/C11H11ClN2OS/c1-6-7(2)11(14-13-10(6)12)16-9-4-5-15-8(9)3/h4-5H,1-3H3. The van der Waals surface area contributed by atoms with Gasteiger partial charge in [-0.3, -0.25) is 0 Å². The van der Waals surface area contributed by atoms with Gasteiger partial charge in [-0.05, 0) is 38.0 Å². The zero-order valence-electron chi connectivity index (χ0n) is 9.24. The minimum atomic E-state index is 0.464. The maximum Gasteiger partial charge on any atom is 0.154 e. The van der Waals surface area contributed by atoms with Gasteiger partial charge in [-0.25, -0.2) is 0 Å². The first-order valence-electron chi connectivity index (χ1n) is 4.81. The topological polar surface area (TPSA) is 38.9 Å². The summed E-state index contributed by atoms with van der Waals surface area (Å²) in [6.07, 6.45) is 1.67. The summed E-state index contributed by atoms with van der Waals surface area (Å²) in [5.74, 6) is 0.888. The van der Waals surface area contributed by atoms with Crippen molar-refractivity contribution >= 4 is 23.4 Å². The Morgan fingerprint density at radius 1 is 1.19 bits per heavy atom. The molecule has 2 aromatic heterocycles. The van der Waals surface area contributed by atoms with E-state index in [-0.39, 0.29) is 0 Å². The van der Waals surface area contributed by atoms with Crippen LogP contribution in [0.1, 0.15) is 16.9 Å². The summed E-state index contributed by atoms with van der Waals surface area (Å²) >= 11 is 7.44. The van der Waals surface area contributed by atoms with E-state index in [9.17, 15) is 0 Å². The van der Waals surface area contributed by atoms with Gasteiger partial charge in [0.15, 0.2) is 5.15 Å². The molecule has 5 heteroatoms. The van der Waals surface area contributed by atoms with Crippen molar-refractivity contribution in [3.63, 3.8) is 0 Å². The van der Waals surface area contributed by atoms with Crippen molar-refractivity contribution in [2.75, 3.05) is 0 Å². The fraction of sp³-hybridized carbons (Fsp3) is 0.273. The quantitative estimate of drug-likeness (QED) is 0.817. The molecule has 0 aliphatic heterocycles. The number of furan rings is 1. The van der Waals surface area contributed by atoms with Crippen LogP contribution in [0.4, 0.5) is 0 Å². The van der Waals surface area contributed by atoms with Crippen LogP contribution in [-0.4, -0.2) is 10.2 Å². The van der Waals surface area contributed by atoms with E-state index < -0.39 is 0 Å². The number of nitrogens with zero attached hydrogens (tertiary/aromatic N) is 2. The van der Waals surface area contributed by atoms with Gasteiger partial charge in [0.1, 0.15) is 10.8 Å². The summed E-state index contributed by atoms with van der Waals surface area (Å²) in [4.78, 5) is 1.05. The number of rotatable bonds is 2. The third-order valence-electron chi connectivity index (χ3n) is 2.44. The van der Waals surface area contributed by atoms with E-state index in [1.807, 2.05) is 26.8 Å². The van der Waals surface area contributed by atoms with Gasteiger partial charge in [-0.2, -0.15) is 0 Å². The lowest BCUT2D eigenvalue weighted by Crippen LogP contribution is -1.95. The van der Waals surface area contributed by atoms with Crippen LogP contribution in [0, 0.1) is 20.8 Å². The average Bonchev–Trinajstić information content (AvgIpc) is 2.65. The molecule has 0 amide bonds. The van der Waals surface area contributed by atoms with E-state index in [2.05, 4.69) is 10.2 Å². The smallest absolute Gasteiger partial charge is 0.154 e. The zero-order valence-corrected chi connectivity index (χ0v) is 10.8. The minimum Gasteiger partial charge on any atom is -0.468 e. The second kappa shape index (κ2) is 4.47. The lowest BCUT2D eigenvalue weighted by Gasteiger charge is -2.06. The SMILES string of the molecule is Cc1occc1Sc1nnc(Cl)c(C)c1C. The third-order valence-corrected chi connectivity index (χ3v) is 4.02. The summed E-state index contributed by atoms with van der Waals surface area (Å²) in [5, 5.41) is 9.34. The molecule has 0 N–H and O–H groups in total. The summed E-state index contributed by atoms with van der Waals surface area (Å²) < 4.78 is 5.24. The summed E-state index contributed by atoms with van der Waals surface area (Å²) in [6, 6.07) is 1.92. The van der Waals surface area contributed by atoms with E-state index in [0.717, 1.165) is 26.8 Å². The van der Waals surface area contributed by atoms with Crippen LogP contribution in [0.5, 0.6) is 0 Å². The first-order valence-corrected chi connectivity index (χ1v) is 6.00. The highest BCUT2D eigenvalue weighted by Crippen LogP contribution is 2.33.